The highest BCUT2D eigenvalue weighted by Gasteiger charge is 2.37. The van der Waals surface area contributed by atoms with E-state index in [9.17, 15) is 14.4 Å². The normalized spacial score (nSPS) is 17.3. The number of benzene rings is 3. The summed E-state index contributed by atoms with van der Waals surface area (Å²) in [5.74, 6) is -0.155. The van der Waals surface area contributed by atoms with Crippen molar-refractivity contribution in [2.75, 3.05) is 32.8 Å². The van der Waals surface area contributed by atoms with Crippen LogP contribution in [0.15, 0.2) is 70.0 Å². The number of imide groups is 1. The van der Waals surface area contributed by atoms with Gasteiger partial charge >= 0.3 is 0 Å². The molecule has 0 aromatic heterocycles. The number of ether oxygens (including phenoxy) is 2. The van der Waals surface area contributed by atoms with Gasteiger partial charge in [-0.1, -0.05) is 58.4 Å². The minimum Gasteiger partial charge on any atom is -0.488 e. The zero-order chi connectivity index (χ0) is 25.1. The van der Waals surface area contributed by atoms with Gasteiger partial charge in [0.05, 0.1) is 18.1 Å². The van der Waals surface area contributed by atoms with E-state index in [1.54, 1.807) is 11.0 Å². The molecule has 0 spiro atoms. The Kier molecular flexibility index (Phi) is 7.41. The van der Waals surface area contributed by atoms with Gasteiger partial charge in [-0.3, -0.25) is 19.3 Å². The Balaban J connectivity index is 1.34. The van der Waals surface area contributed by atoms with Crippen LogP contribution < -0.4 is 4.74 Å². The van der Waals surface area contributed by atoms with E-state index in [-0.39, 0.29) is 17.4 Å². The van der Waals surface area contributed by atoms with Crippen molar-refractivity contribution in [3.63, 3.8) is 0 Å². The van der Waals surface area contributed by atoms with Crippen molar-refractivity contribution in [2.45, 2.75) is 6.61 Å². The first-order valence-electron chi connectivity index (χ1n) is 11.5. The highest BCUT2D eigenvalue weighted by atomic mass is 79.9. The van der Waals surface area contributed by atoms with Crippen LogP contribution >= 0.6 is 27.7 Å². The van der Waals surface area contributed by atoms with Gasteiger partial charge in [0.1, 0.15) is 18.9 Å². The van der Waals surface area contributed by atoms with Crippen molar-refractivity contribution in [1.29, 1.82) is 0 Å². The first kappa shape index (κ1) is 24.5. The molecular weight excluding hydrogens is 544 g/mol. The third-order valence-corrected chi connectivity index (χ3v) is 7.45. The number of carbonyl (C=O) groups excluding carboxylic acids is 3. The second kappa shape index (κ2) is 10.9. The fraction of sp³-hybridized carbons (Fsp3) is 0.222. The molecule has 2 fully saturated rings. The quantitative estimate of drug-likeness (QED) is 0.387. The van der Waals surface area contributed by atoms with E-state index < -0.39 is 11.1 Å². The van der Waals surface area contributed by atoms with E-state index >= 15 is 0 Å². The Bertz CT molecular complexity index is 1360. The predicted molar refractivity (Wildman–Crippen MR) is 142 cm³/mol. The van der Waals surface area contributed by atoms with Gasteiger partial charge in [0, 0.05) is 23.1 Å². The van der Waals surface area contributed by atoms with Gasteiger partial charge in [-0.15, -0.1) is 0 Å². The smallest absolute Gasteiger partial charge is 0.294 e. The second-order valence-corrected chi connectivity index (χ2v) is 10.3. The molecule has 2 aliphatic rings. The molecule has 0 N–H and O–H groups in total. The summed E-state index contributed by atoms with van der Waals surface area (Å²) in [5.41, 5.74) is 1.71. The van der Waals surface area contributed by atoms with Crippen LogP contribution in [0.4, 0.5) is 4.79 Å². The number of amides is 3. The lowest BCUT2D eigenvalue weighted by Crippen LogP contribution is -2.46. The van der Waals surface area contributed by atoms with Gasteiger partial charge < -0.3 is 14.4 Å². The van der Waals surface area contributed by atoms with Crippen molar-refractivity contribution in [2.24, 2.45) is 0 Å². The van der Waals surface area contributed by atoms with E-state index in [4.69, 9.17) is 9.47 Å². The van der Waals surface area contributed by atoms with Crippen LogP contribution in [-0.2, 0) is 20.9 Å². The number of carbonyl (C=O) groups is 3. The summed E-state index contributed by atoms with van der Waals surface area (Å²) in [4.78, 5) is 41.1. The minimum atomic E-state index is -0.480. The molecule has 0 radical (unpaired) electrons. The Hall–Kier alpha value is -3.14. The van der Waals surface area contributed by atoms with Crippen molar-refractivity contribution in [1.82, 2.24) is 9.80 Å². The topological polar surface area (TPSA) is 76.2 Å². The molecule has 9 heteroatoms. The summed E-state index contributed by atoms with van der Waals surface area (Å²) in [6.45, 7) is 1.90. The number of fused-ring (bicyclic) bond motifs is 1. The summed E-state index contributed by atoms with van der Waals surface area (Å²) in [5, 5.41) is 1.79. The molecule has 2 aliphatic heterocycles. The van der Waals surface area contributed by atoms with E-state index in [0.29, 0.717) is 44.2 Å². The standard InChI is InChI=1S/C27H23BrN2O5S/c28-21-8-9-23(35-17-19-6-3-5-18-4-1-2-7-22(18)19)20(14-21)15-24-26(32)30(27(33)36-24)16-25(31)29-10-12-34-13-11-29/h1-9,14-15H,10-13,16-17H2/b24-15-. The summed E-state index contributed by atoms with van der Waals surface area (Å²) in [6, 6.07) is 19.7. The van der Waals surface area contributed by atoms with Gasteiger partial charge in [-0.2, -0.15) is 0 Å². The average molecular weight is 567 g/mol. The third-order valence-electron chi connectivity index (χ3n) is 6.05. The molecular formula is C27H23BrN2O5S. The Morgan fingerprint density at radius 1 is 1.06 bits per heavy atom. The number of hydrogen-bond donors (Lipinski definition) is 0. The molecule has 3 aromatic carbocycles. The van der Waals surface area contributed by atoms with Crippen LogP contribution in [0, 0.1) is 0 Å². The highest BCUT2D eigenvalue weighted by Crippen LogP contribution is 2.35. The average Bonchev–Trinajstić information content (AvgIpc) is 3.16. The van der Waals surface area contributed by atoms with Gasteiger partial charge in [-0.05, 0) is 52.4 Å². The minimum absolute atomic E-state index is 0.253. The summed E-state index contributed by atoms with van der Waals surface area (Å²) < 4.78 is 12.3. The molecule has 7 nitrogen and oxygen atoms in total. The van der Waals surface area contributed by atoms with Gasteiger partial charge in [0.25, 0.3) is 11.1 Å². The van der Waals surface area contributed by atoms with E-state index in [1.165, 1.54) is 0 Å². The molecule has 2 saturated heterocycles. The first-order chi connectivity index (χ1) is 17.5. The molecule has 0 unspecified atom stereocenters. The SMILES string of the molecule is O=C(CN1C(=O)S/C(=C\c2cc(Br)ccc2OCc2cccc3ccccc23)C1=O)N1CCOCC1. The summed E-state index contributed by atoms with van der Waals surface area (Å²) in [6.07, 6.45) is 1.65. The van der Waals surface area contributed by atoms with Gasteiger partial charge in [0.2, 0.25) is 5.91 Å². The molecule has 0 saturated carbocycles. The fourth-order valence-corrected chi connectivity index (χ4v) is 5.37. The zero-order valence-corrected chi connectivity index (χ0v) is 21.7. The maximum Gasteiger partial charge on any atom is 0.294 e. The number of nitrogens with zero attached hydrogens (tertiary/aromatic N) is 2. The predicted octanol–water partition coefficient (Wildman–Crippen LogP) is 5.08. The van der Waals surface area contributed by atoms with Crippen LogP contribution in [0.25, 0.3) is 16.8 Å². The summed E-state index contributed by atoms with van der Waals surface area (Å²) in [7, 11) is 0. The Morgan fingerprint density at radius 2 is 1.83 bits per heavy atom. The monoisotopic (exact) mass is 566 g/mol. The van der Waals surface area contributed by atoms with E-state index in [1.807, 2.05) is 42.5 Å². The molecule has 0 bridgehead atoms. The van der Waals surface area contributed by atoms with Crippen molar-refractivity contribution in [3.05, 3.63) is 81.2 Å². The third kappa shape index (κ3) is 5.33. The molecule has 0 aliphatic carbocycles. The molecule has 3 aromatic rings. The van der Waals surface area contributed by atoms with Crippen LogP contribution in [0.3, 0.4) is 0 Å². The largest absolute Gasteiger partial charge is 0.488 e. The van der Waals surface area contributed by atoms with E-state index in [2.05, 4.69) is 34.1 Å². The maximum atomic E-state index is 13.0. The molecule has 36 heavy (non-hydrogen) atoms. The molecule has 3 amide bonds. The van der Waals surface area contributed by atoms with Crippen LogP contribution in [0.1, 0.15) is 11.1 Å². The lowest BCUT2D eigenvalue weighted by Gasteiger charge is -2.28. The first-order valence-corrected chi connectivity index (χ1v) is 13.1. The van der Waals surface area contributed by atoms with Crippen LogP contribution in [0.2, 0.25) is 0 Å². The van der Waals surface area contributed by atoms with E-state index in [0.717, 1.165) is 37.5 Å². The number of morpholine rings is 1. The molecule has 184 valence electrons. The van der Waals surface area contributed by atoms with Crippen molar-refractivity contribution >= 4 is 61.6 Å². The maximum absolute atomic E-state index is 13.0. The number of rotatable bonds is 6. The number of halogens is 1. The van der Waals surface area contributed by atoms with Crippen molar-refractivity contribution < 1.29 is 23.9 Å². The van der Waals surface area contributed by atoms with Gasteiger partial charge in [-0.25, -0.2) is 0 Å². The second-order valence-electron chi connectivity index (χ2n) is 8.37. The molecule has 0 atom stereocenters. The van der Waals surface area contributed by atoms with Crippen LogP contribution in [0.5, 0.6) is 5.75 Å². The molecule has 5 rings (SSSR count). The number of thioether (sulfide) groups is 1. The van der Waals surface area contributed by atoms with Crippen molar-refractivity contribution in [3.8, 4) is 5.75 Å². The Morgan fingerprint density at radius 3 is 2.67 bits per heavy atom. The lowest BCUT2D eigenvalue weighted by molar-refractivity contribution is -0.139. The lowest BCUT2D eigenvalue weighted by atomic mass is 10.1. The highest BCUT2D eigenvalue weighted by molar-refractivity contribution is 9.10. The summed E-state index contributed by atoms with van der Waals surface area (Å²) >= 11 is 4.30. The zero-order valence-electron chi connectivity index (χ0n) is 19.3. The van der Waals surface area contributed by atoms with Gasteiger partial charge in [0.15, 0.2) is 0 Å². The number of hydrogen-bond acceptors (Lipinski definition) is 6. The fourth-order valence-electron chi connectivity index (χ4n) is 4.16. The Labute approximate surface area is 221 Å². The van der Waals surface area contributed by atoms with Crippen LogP contribution in [-0.4, -0.2) is 59.7 Å². The molecule has 2 heterocycles.